The Balaban J connectivity index is 1.61. The first-order valence-corrected chi connectivity index (χ1v) is 9.77. The van der Waals surface area contributed by atoms with Gasteiger partial charge in [0.25, 0.3) is 0 Å². The first-order valence-electron chi connectivity index (χ1n) is 8.78. The lowest BCUT2D eigenvalue weighted by Gasteiger charge is -2.15. The first kappa shape index (κ1) is 19.6. The molecule has 0 aliphatic carbocycles. The fraction of sp³-hybridized carbons (Fsp3) is 0.400. The number of thioether (sulfide) groups is 1. The number of methoxy groups -OCH3 is 2. The number of nitrogens with one attached hydrogen (secondary N) is 1. The van der Waals surface area contributed by atoms with Crippen molar-refractivity contribution in [2.75, 3.05) is 40.0 Å². The van der Waals surface area contributed by atoms with Crippen LogP contribution in [0.5, 0.6) is 23.0 Å². The van der Waals surface area contributed by atoms with Crippen molar-refractivity contribution in [1.29, 1.82) is 0 Å². The minimum Gasteiger partial charge on any atom is -0.496 e. The predicted octanol–water partition coefficient (Wildman–Crippen LogP) is 3.83. The number of hydrogen-bond acceptors (Lipinski definition) is 6. The Kier molecular flexibility index (Phi) is 7.06. The van der Waals surface area contributed by atoms with Crippen LogP contribution in [0.1, 0.15) is 11.1 Å². The molecule has 1 N–H and O–H groups in total. The summed E-state index contributed by atoms with van der Waals surface area (Å²) in [5.41, 5.74) is 2.12. The summed E-state index contributed by atoms with van der Waals surface area (Å²) in [5, 5.41) is 3.43. The van der Waals surface area contributed by atoms with Gasteiger partial charge in [0.05, 0.1) is 25.8 Å². The molecule has 0 amide bonds. The molecule has 2 aromatic rings. The van der Waals surface area contributed by atoms with E-state index < -0.39 is 0 Å². The number of alkyl halides is 1. The molecular weight excluding hydrogens is 369 g/mol. The molecular formula is C20H24FNO4S. The Morgan fingerprint density at radius 2 is 1.96 bits per heavy atom. The van der Waals surface area contributed by atoms with Crippen LogP contribution in [0, 0.1) is 0 Å². The highest BCUT2D eigenvalue weighted by molar-refractivity contribution is 7.99. The van der Waals surface area contributed by atoms with Crippen molar-refractivity contribution in [1.82, 2.24) is 5.32 Å². The number of hydrogen-bond donors (Lipinski definition) is 1. The van der Waals surface area contributed by atoms with Gasteiger partial charge < -0.3 is 24.3 Å². The van der Waals surface area contributed by atoms with Gasteiger partial charge in [0.2, 0.25) is 6.79 Å². The second-order valence-electron chi connectivity index (χ2n) is 5.93. The van der Waals surface area contributed by atoms with Crippen LogP contribution in [0.3, 0.4) is 0 Å². The minimum atomic E-state index is -0.375. The summed E-state index contributed by atoms with van der Waals surface area (Å²) in [6, 6.07) is 9.79. The van der Waals surface area contributed by atoms with Crippen LogP contribution in [-0.4, -0.2) is 40.0 Å². The topological polar surface area (TPSA) is 49.0 Å². The highest BCUT2D eigenvalue weighted by Gasteiger charge is 2.17. The largest absolute Gasteiger partial charge is 0.496 e. The second-order valence-corrected chi connectivity index (χ2v) is 7.07. The minimum absolute atomic E-state index is 0.274. The fourth-order valence-electron chi connectivity index (χ4n) is 2.97. The zero-order valence-corrected chi connectivity index (χ0v) is 16.4. The van der Waals surface area contributed by atoms with Crippen molar-refractivity contribution in [2.24, 2.45) is 0 Å². The van der Waals surface area contributed by atoms with Crippen LogP contribution in [0.15, 0.2) is 35.2 Å². The third-order valence-electron chi connectivity index (χ3n) is 4.27. The van der Waals surface area contributed by atoms with Crippen LogP contribution in [0.25, 0.3) is 0 Å². The van der Waals surface area contributed by atoms with Crippen LogP contribution in [0.2, 0.25) is 0 Å². The highest BCUT2D eigenvalue weighted by Crippen LogP contribution is 2.36. The van der Waals surface area contributed by atoms with E-state index in [-0.39, 0.29) is 13.5 Å². The molecule has 0 saturated heterocycles. The predicted molar refractivity (Wildman–Crippen MR) is 104 cm³/mol. The van der Waals surface area contributed by atoms with Gasteiger partial charge in [-0.3, -0.25) is 4.39 Å². The Hall–Kier alpha value is -2.12. The average Bonchev–Trinajstić information content (AvgIpc) is 3.19. The molecule has 0 radical (unpaired) electrons. The van der Waals surface area contributed by atoms with E-state index in [1.807, 2.05) is 30.3 Å². The van der Waals surface area contributed by atoms with Crippen LogP contribution >= 0.6 is 11.8 Å². The summed E-state index contributed by atoms with van der Waals surface area (Å²) in [7, 11) is 3.27. The molecule has 2 aromatic carbocycles. The normalized spacial score (nSPS) is 12.3. The van der Waals surface area contributed by atoms with E-state index >= 15 is 0 Å². The van der Waals surface area contributed by atoms with Crippen molar-refractivity contribution >= 4 is 11.8 Å². The van der Waals surface area contributed by atoms with Gasteiger partial charge in [-0.2, -0.15) is 0 Å². The number of rotatable bonds is 10. The smallest absolute Gasteiger partial charge is 0.231 e. The molecule has 7 heteroatoms. The second kappa shape index (κ2) is 9.71. The fourth-order valence-corrected chi connectivity index (χ4v) is 3.74. The quantitative estimate of drug-likeness (QED) is 0.489. The Bertz CT molecular complexity index is 772. The van der Waals surface area contributed by atoms with E-state index in [1.54, 1.807) is 14.2 Å². The summed E-state index contributed by atoms with van der Waals surface area (Å²) in [5.74, 6) is 3.54. The van der Waals surface area contributed by atoms with Crippen molar-refractivity contribution < 1.29 is 23.3 Å². The Morgan fingerprint density at radius 1 is 1.11 bits per heavy atom. The van der Waals surface area contributed by atoms with Gasteiger partial charge in [0.1, 0.15) is 11.5 Å². The van der Waals surface area contributed by atoms with Crippen molar-refractivity contribution in [3.8, 4) is 23.0 Å². The number of ether oxygens (including phenoxy) is 4. The maximum absolute atomic E-state index is 12.5. The zero-order valence-electron chi connectivity index (χ0n) is 15.5. The van der Waals surface area contributed by atoms with E-state index in [1.165, 1.54) is 11.8 Å². The standard InChI is InChI=1S/C20H24FNO4S/c1-23-17-11-19(27-9-7-21)18(24-2)10-14(17)6-8-22-12-15-4-3-5-16-20(15)26-13-25-16/h3-5,10-11,22H,6-9,12-13H2,1-2H3. The zero-order chi connectivity index (χ0) is 19.1. The number of benzene rings is 2. The lowest BCUT2D eigenvalue weighted by Crippen LogP contribution is -2.17. The molecule has 0 spiro atoms. The molecule has 27 heavy (non-hydrogen) atoms. The molecule has 5 nitrogen and oxygen atoms in total. The van der Waals surface area contributed by atoms with E-state index in [2.05, 4.69) is 5.32 Å². The first-order chi connectivity index (χ1) is 13.3. The summed E-state index contributed by atoms with van der Waals surface area (Å²) in [6.07, 6.45) is 0.778. The highest BCUT2D eigenvalue weighted by atomic mass is 32.2. The van der Waals surface area contributed by atoms with Gasteiger partial charge >= 0.3 is 0 Å². The van der Waals surface area contributed by atoms with Gasteiger partial charge in [-0.15, -0.1) is 11.8 Å². The SMILES string of the molecule is COc1cc(SCCF)c(OC)cc1CCNCc1cccc2c1OCO2. The maximum Gasteiger partial charge on any atom is 0.231 e. The summed E-state index contributed by atoms with van der Waals surface area (Å²) in [6.45, 7) is 1.35. The number of para-hydroxylation sites is 1. The summed E-state index contributed by atoms with van der Waals surface area (Å²) in [4.78, 5) is 0.890. The molecule has 146 valence electrons. The van der Waals surface area contributed by atoms with Gasteiger partial charge in [-0.1, -0.05) is 12.1 Å². The van der Waals surface area contributed by atoms with Crippen molar-refractivity contribution in [3.63, 3.8) is 0 Å². The molecule has 0 atom stereocenters. The van der Waals surface area contributed by atoms with Crippen LogP contribution in [0.4, 0.5) is 4.39 Å². The van der Waals surface area contributed by atoms with E-state index in [0.29, 0.717) is 12.3 Å². The Morgan fingerprint density at radius 3 is 2.74 bits per heavy atom. The van der Waals surface area contributed by atoms with Gasteiger partial charge in [0.15, 0.2) is 11.5 Å². The molecule has 0 bridgehead atoms. The molecule has 1 heterocycles. The molecule has 0 unspecified atom stereocenters. The Labute approximate surface area is 163 Å². The molecule has 0 fully saturated rings. The molecule has 0 aromatic heterocycles. The van der Waals surface area contributed by atoms with E-state index in [4.69, 9.17) is 18.9 Å². The maximum atomic E-state index is 12.5. The number of halogens is 1. The van der Waals surface area contributed by atoms with Crippen molar-refractivity contribution in [3.05, 3.63) is 41.5 Å². The van der Waals surface area contributed by atoms with Crippen LogP contribution < -0.4 is 24.3 Å². The average molecular weight is 393 g/mol. The molecule has 1 aliphatic heterocycles. The van der Waals surface area contributed by atoms with Crippen LogP contribution in [-0.2, 0) is 13.0 Å². The van der Waals surface area contributed by atoms with Gasteiger partial charge in [-0.25, -0.2) is 0 Å². The number of fused-ring (bicyclic) bond motifs is 1. The summed E-state index contributed by atoms with van der Waals surface area (Å²) >= 11 is 1.43. The lowest BCUT2D eigenvalue weighted by molar-refractivity contribution is 0.173. The van der Waals surface area contributed by atoms with E-state index in [0.717, 1.165) is 52.0 Å². The van der Waals surface area contributed by atoms with E-state index in [9.17, 15) is 4.39 Å². The lowest BCUT2D eigenvalue weighted by atomic mass is 10.1. The molecule has 1 aliphatic rings. The third kappa shape index (κ3) is 4.78. The van der Waals surface area contributed by atoms with Gasteiger partial charge in [0, 0.05) is 17.9 Å². The molecule has 3 rings (SSSR count). The van der Waals surface area contributed by atoms with Gasteiger partial charge in [-0.05, 0) is 36.7 Å². The third-order valence-corrected chi connectivity index (χ3v) is 5.25. The monoisotopic (exact) mass is 393 g/mol. The van der Waals surface area contributed by atoms with Crippen molar-refractivity contribution in [2.45, 2.75) is 17.9 Å². The molecule has 0 saturated carbocycles. The summed E-state index contributed by atoms with van der Waals surface area (Å²) < 4.78 is 34.4.